The number of nitro groups is 1. The number of esters is 1. The third-order valence-corrected chi connectivity index (χ3v) is 5.53. The molecule has 14 heteroatoms. The molecule has 0 saturated carbocycles. The maximum absolute atomic E-state index is 12.2. The molecule has 0 saturated heterocycles. The lowest BCUT2D eigenvalue weighted by Gasteiger charge is -2.10. The van der Waals surface area contributed by atoms with Gasteiger partial charge in [0.2, 0.25) is 10.0 Å². The predicted octanol–water partition coefficient (Wildman–Crippen LogP) is 0.598. The van der Waals surface area contributed by atoms with E-state index in [1.54, 1.807) is 0 Å². The molecular weight excluding hydrogens is 458 g/mol. The Morgan fingerprint density at radius 3 is 2.36 bits per heavy atom. The highest BCUT2D eigenvalue weighted by molar-refractivity contribution is 7.89. The lowest BCUT2D eigenvalue weighted by atomic mass is 10.2. The number of benzene rings is 2. The molecule has 4 N–H and O–H groups in total. The van der Waals surface area contributed by atoms with Gasteiger partial charge < -0.3 is 20.7 Å². The average Bonchev–Trinajstić information content (AvgIpc) is 2.80. The van der Waals surface area contributed by atoms with Crippen LogP contribution in [0.5, 0.6) is 0 Å². The van der Waals surface area contributed by atoms with E-state index in [1.165, 1.54) is 49.6 Å². The van der Waals surface area contributed by atoms with Crippen LogP contribution >= 0.6 is 0 Å². The quantitative estimate of drug-likeness (QED) is 0.165. The molecule has 0 bridgehead atoms. The van der Waals surface area contributed by atoms with Gasteiger partial charge in [0.1, 0.15) is 6.54 Å². The molecule has 0 atom stereocenters. The van der Waals surface area contributed by atoms with E-state index >= 15 is 0 Å². The normalized spacial score (nSPS) is 10.7. The molecule has 0 aliphatic carbocycles. The molecule has 13 nitrogen and oxygen atoms in total. The highest BCUT2D eigenvalue weighted by atomic mass is 32.2. The van der Waals surface area contributed by atoms with Crippen molar-refractivity contribution in [3.05, 3.63) is 64.2 Å². The van der Waals surface area contributed by atoms with Crippen LogP contribution in [-0.4, -0.2) is 58.0 Å². The monoisotopic (exact) mass is 479 g/mol. The number of methoxy groups -OCH3 is 1. The van der Waals surface area contributed by atoms with E-state index in [0.717, 1.165) is 6.07 Å². The Bertz CT molecular complexity index is 1140. The van der Waals surface area contributed by atoms with Gasteiger partial charge in [0.25, 0.3) is 11.6 Å². The predicted molar refractivity (Wildman–Crippen MR) is 116 cm³/mol. The summed E-state index contributed by atoms with van der Waals surface area (Å²) in [5.41, 5.74) is 0.275. The number of ether oxygens (including phenoxy) is 1. The van der Waals surface area contributed by atoms with E-state index in [9.17, 15) is 32.9 Å². The second-order valence-electron chi connectivity index (χ2n) is 6.37. The Morgan fingerprint density at radius 1 is 1.03 bits per heavy atom. The highest BCUT2D eigenvalue weighted by Gasteiger charge is 2.17. The molecule has 0 fully saturated rings. The number of nitrogens with zero attached hydrogens (tertiary/aromatic N) is 1. The van der Waals surface area contributed by atoms with E-state index in [2.05, 4.69) is 25.4 Å². The number of nitrogens with one attached hydrogen (secondary N) is 4. The number of carbonyl (C=O) groups is 3. The van der Waals surface area contributed by atoms with Gasteiger partial charge in [-0.25, -0.2) is 17.9 Å². The Labute approximate surface area is 188 Å². The first-order valence-electron chi connectivity index (χ1n) is 9.36. The molecule has 176 valence electrons. The third kappa shape index (κ3) is 7.86. The van der Waals surface area contributed by atoms with E-state index < -0.39 is 32.9 Å². The maximum atomic E-state index is 12.2. The minimum Gasteiger partial charge on any atom is -0.468 e. The number of urea groups is 1. The zero-order valence-corrected chi connectivity index (χ0v) is 18.2. The number of non-ortho nitro benzene ring substituents is 1. The third-order valence-electron chi connectivity index (χ3n) is 4.07. The molecule has 2 aromatic rings. The number of nitro benzene ring substituents is 1. The maximum Gasteiger partial charge on any atom is 0.325 e. The molecule has 0 aliphatic heterocycles. The fourth-order valence-corrected chi connectivity index (χ4v) is 3.49. The molecule has 0 aromatic heterocycles. The fourth-order valence-electron chi connectivity index (χ4n) is 2.42. The average molecular weight is 479 g/mol. The number of amides is 3. The number of sulfonamides is 1. The lowest BCUT2D eigenvalue weighted by molar-refractivity contribution is -0.385. The van der Waals surface area contributed by atoms with Crippen molar-refractivity contribution in [3.8, 4) is 0 Å². The van der Waals surface area contributed by atoms with Crippen LogP contribution in [0, 0.1) is 10.1 Å². The van der Waals surface area contributed by atoms with Crippen molar-refractivity contribution in [2.45, 2.75) is 4.90 Å². The Morgan fingerprint density at radius 2 is 1.73 bits per heavy atom. The van der Waals surface area contributed by atoms with Gasteiger partial charge in [-0.05, 0) is 30.3 Å². The van der Waals surface area contributed by atoms with Crippen LogP contribution in [0.25, 0.3) is 0 Å². The van der Waals surface area contributed by atoms with Crippen LogP contribution in [0.4, 0.5) is 16.2 Å². The SMILES string of the molecule is COC(=O)CNC(=O)c1ccc(NC(=O)NCCNS(=O)(=O)c2cccc([N+](=O)[O-])c2)cc1. The summed E-state index contributed by atoms with van der Waals surface area (Å²) in [6.07, 6.45) is 0. The van der Waals surface area contributed by atoms with Crippen molar-refractivity contribution in [3.63, 3.8) is 0 Å². The first-order valence-corrected chi connectivity index (χ1v) is 10.8. The molecule has 0 aliphatic rings. The summed E-state index contributed by atoms with van der Waals surface area (Å²) in [7, 11) is -2.79. The summed E-state index contributed by atoms with van der Waals surface area (Å²) in [5.74, 6) is -1.09. The first kappa shape index (κ1) is 25.2. The Balaban J connectivity index is 1.79. The van der Waals surface area contributed by atoms with Gasteiger partial charge in [-0.1, -0.05) is 6.07 Å². The minimum atomic E-state index is -3.99. The van der Waals surface area contributed by atoms with Crippen molar-refractivity contribution in [1.29, 1.82) is 0 Å². The zero-order valence-electron chi connectivity index (χ0n) is 17.4. The summed E-state index contributed by atoms with van der Waals surface area (Å²) in [4.78, 5) is 44.7. The van der Waals surface area contributed by atoms with Gasteiger partial charge >= 0.3 is 12.0 Å². The molecule has 0 unspecified atom stereocenters. The number of anilines is 1. The van der Waals surface area contributed by atoms with Crippen LogP contribution in [0.15, 0.2) is 53.4 Å². The second-order valence-corrected chi connectivity index (χ2v) is 8.14. The van der Waals surface area contributed by atoms with Gasteiger partial charge in [-0.3, -0.25) is 19.7 Å². The molecule has 3 amide bonds. The summed E-state index contributed by atoms with van der Waals surface area (Å²) in [5, 5.41) is 18.1. The van der Waals surface area contributed by atoms with Crippen LogP contribution in [-0.2, 0) is 19.6 Å². The standard InChI is InChI=1S/C19H21N5O8S/c1-32-17(25)12-21-18(26)13-5-7-14(8-6-13)23-19(27)20-9-10-22-33(30,31)16-4-2-3-15(11-16)24(28)29/h2-8,11,22H,9-10,12H2,1H3,(H,21,26)(H2,20,23,27). The van der Waals surface area contributed by atoms with E-state index in [0.29, 0.717) is 5.69 Å². The number of hydrogen-bond donors (Lipinski definition) is 4. The minimum absolute atomic E-state index is 0.0615. The fraction of sp³-hybridized carbons (Fsp3) is 0.211. The summed E-state index contributed by atoms with van der Waals surface area (Å²) < 4.78 is 31.1. The molecule has 2 rings (SSSR count). The molecule has 33 heavy (non-hydrogen) atoms. The van der Waals surface area contributed by atoms with Crippen molar-refractivity contribution < 1.29 is 32.5 Å². The van der Waals surface area contributed by atoms with Crippen LogP contribution in [0.1, 0.15) is 10.4 Å². The van der Waals surface area contributed by atoms with Crippen LogP contribution in [0.2, 0.25) is 0 Å². The van der Waals surface area contributed by atoms with Crippen LogP contribution in [0.3, 0.4) is 0 Å². The molecule has 0 heterocycles. The van der Waals surface area contributed by atoms with Crippen molar-refractivity contribution in [2.75, 3.05) is 32.1 Å². The van der Waals surface area contributed by atoms with Crippen LogP contribution < -0.4 is 20.7 Å². The van der Waals surface area contributed by atoms with Gasteiger partial charge in [0.05, 0.1) is 16.9 Å². The van der Waals surface area contributed by atoms with E-state index in [1.807, 2.05) is 0 Å². The summed E-state index contributed by atoms with van der Waals surface area (Å²) >= 11 is 0. The molecule has 0 spiro atoms. The second kappa shape index (κ2) is 11.5. The summed E-state index contributed by atoms with van der Waals surface area (Å²) in [6.45, 7) is -0.492. The Hall–Kier alpha value is -4.04. The topological polar surface area (TPSA) is 186 Å². The van der Waals surface area contributed by atoms with Gasteiger partial charge in [-0.15, -0.1) is 0 Å². The zero-order chi connectivity index (χ0) is 24.4. The molecular formula is C19H21N5O8S. The van der Waals surface area contributed by atoms with E-state index in [-0.39, 0.29) is 35.8 Å². The largest absolute Gasteiger partial charge is 0.468 e. The van der Waals surface area contributed by atoms with Crippen molar-refractivity contribution >= 4 is 39.3 Å². The van der Waals surface area contributed by atoms with Crippen molar-refractivity contribution in [2.24, 2.45) is 0 Å². The smallest absolute Gasteiger partial charge is 0.325 e. The van der Waals surface area contributed by atoms with Gasteiger partial charge in [0.15, 0.2) is 0 Å². The number of carbonyl (C=O) groups excluding carboxylic acids is 3. The highest BCUT2D eigenvalue weighted by Crippen LogP contribution is 2.16. The number of hydrogen-bond acceptors (Lipinski definition) is 8. The Kier molecular flexibility index (Phi) is 8.82. The van der Waals surface area contributed by atoms with Gasteiger partial charge in [-0.2, -0.15) is 0 Å². The molecule has 0 radical (unpaired) electrons. The van der Waals surface area contributed by atoms with E-state index in [4.69, 9.17) is 0 Å². The molecule has 2 aromatic carbocycles. The first-order chi connectivity index (χ1) is 15.6. The number of rotatable bonds is 10. The van der Waals surface area contributed by atoms with Gasteiger partial charge in [0, 0.05) is 36.5 Å². The summed E-state index contributed by atoms with van der Waals surface area (Å²) in [6, 6.07) is 9.78. The van der Waals surface area contributed by atoms with Crippen molar-refractivity contribution in [1.82, 2.24) is 15.4 Å². The lowest BCUT2D eigenvalue weighted by Crippen LogP contribution is -2.36.